The molecule has 5 heteroatoms. The number of rotatable bonds is 5. The van der Waals surface area contributed by atoms with Gasteiger partial charge in [0.25, 0.3) is 0 Å². The third kappa shape index (κ3) is 4.59. The predicted molar refractivity (Wildman–Crippen MR) is 102 cm³/mol. The van der Waals surface area contributed by atoms with Crippen LogP contribution in [0.1, 0.15) is 54.4 Å². The maximum Gasteiger partial charge on any atom is 0.490 e. The van der Waals surface area contributed by atoms with Crippen LogP contribution in [-0.2, 0) is 9.31 Å². The molecule has 0 bridgehead atoms. The second-order valence-electron chi connectivity index (χ2n) is 8.32. The molecule has 2 fully saturated rings. The van der Waals surface area contributed by atoms with Gasteiger partial charge < -0.3 is 9.31 Å². The second kappa shape index (κ2) is 7.55. The Morgan fingerprint density at radius 3 is 2.25 bits per heavy atom. The minimum atomic E-state index is -0.309. The summed E-state index contributed by atoms with van der Waals surface area (Å²) in [4.78, 5) is 6.48. The largest absolute Gasteiger partial charge is 0.490 e. The summed E-state index contributed by atoms with van der Waals surface area (Å²) in [6.45, 7) is 19.6. The van der Waals surface area contributed by atoms with Crippen LogP contribution in [0.3, 0.4) is 0 Å². The molecule has 2 rings (SSSR count). The topological polar surface area (TPSA) is 34.1 Å². The molecule has 2 aliphatic rings. The van der Waals surface area contributed by atoms with Crippen LogP contribution in [0.5, 0.6) is 0 Å². The zero-order valence-electron chi connectivity index (χ0n) is 16.3. The zero-order valence-corrected chi connectivity index (χ0v) is 16.3. The van der Waals surface area contributed by atoms with Crippen molar-refractivity contribution in [2.45, 2.75) is 65.6 Å². The van der Waals surface area contributed by atoms with Gasteiger partial charge in [0.1, 0.15) is 0 Å². The Balaban J connectivity index is 2.05. The lowest BCUT2D eigenvalue weighted by molar-refractivity contribution is 0.00578. The molecule has 2 aliphatic heterocycles. The molecule has 24 heavy (non-hydrogen) atoms. The molecule has 134 valence electrons. The molecule has 0 N–H and O–H groups in total. The summed E-state index contributed by atoms with van der Waals surface area (Å²) in [5.41, 5.74) is 1.62. The molecule has 2 saturated heterocycles. The van der Waals surface area contributed by atoms with Gasteiger partial charge in [-0.2, -0.15) is 0 Å². The molecular formula is C19H33BN2O2. The van der Waals surface area contributed by atoms with Gasteiger partial charge in [-0.25, -0.2) is 0 Å². The van der Waals surface area contributed by atoms with Crippen LogP contribution in [0, 0.1) is 5.92 Å². The van der Waals surface area contributed by atoms with Crippen molar-refractivity contribution >= 4 is 13.8 Å². The third-order valence-corrected chi connectivity index (χ3v) is 5.58. The number of aliphatic imine (C=N–C) groups is 1. The van der Waals surface area contributed by atoms with E-state index in [1.54, 1.807) is 0 Å². The number of allylic oxidation sites excluding steroid dienone is 1. The maximum absolute atomic E-state index is 6.13. The Bertz CT molecular complexity index is 501. The summed E-state index contributed by atoms with van der Waals surface area (Å²) in [6.07, 6.45) is 6.55. The molecule has 0 atom stereocenters. The Morgan fingerprint density at radius 2 is 1.75 bits per heavy atom. The van der Waals surface area contributed by atoms with Gasteiger partial charge in [0, 0.05) is 12.7 Å². The van der Waals surface area contributed by atoms with Crippen LogP contribution in [0.15, 0.2) is 28.3 Å². The van der Waals surface area contributed by atoms with Crippen molar-refractivity contribution in [2.75, 3.05) is 19.6 Å². The molecule has 0 saturated carbocycles. The molecule has 0 aromatic rings. The number of hydrogen-bond donors (Lipinski definition) is 0. The monoisotopic (exact) mass is 332 g/mol. The van der Waals surface area contributed by atoms with E-state index in [0.717, 1.165) is 36.6 Å². The standard InChI is InChI=1S/C19H33BN2O2/c1-15-8-10-22(11-9-15)14-17(13-21-7)12-16(2)20-23-18(3,4)19(5,6)24-20/h12-13,15H,7-11,14H2,1-6H3/b16-12+,17-13+. The molecule has 0 unspecified atom stereocenters. The first-order valence-corrected chi connectivity index (χ1v) is 9.05. The highest BCUT2D eigenvalue weighted by atomic mass is 16.7. The van der Waals surface area contributed by atoms with E-state index in [-0.39, 0.29) is 18.3 Å². The molecular weight excluding hydrogens is 299 g/mol. The molecule has 0 amide bonds. The van der Waals surface area contributed by atoms with Gasteiger partial charge in [0.2, 0.25) is 0 Å². The average molecular weight is 332 g/mol. The fraction of sp³-hybridized carbons (Fsp3) is 0.737. The van der Waals surface area contributed by atoms with Crippen molar-refractivity contribution in [3.63, 3.8) is 0 Å². The molecule has 0 aromatic heterocycles. The van der Waals surface area contributed by atoms with Crippen molar-refractivity contribution in [3.8, 4) is 0 Å². The van der Waals surface area contributed by atoms with E-state index in [9.17, 15) is 0 Å². The fourth-order valence-corrected chi connectivity index (χ4v) is 3.11. The lowest BCUT2D eigenvalue weighted by Gasteiger charge is -2.32. The van der Waals surface area contributed by atoms with Gasteiger partial charge in [0.05, 0.1) is 11.2 Å². The molecule has 2 heterocycles. The van der Waals surface area contributed by atoms with Gasteiger partial charge in [-0.1, -0.05) is 13.0 Å². The Morgan fingerprint density at radius 1 is 1.21 bits per heavy atom. The van der Waals surface area contributed by atoms with Crippen molar-refractivity contribution in [1.29, 1.82) is 0 Å². The summed E-state index contributed by atoms with van der Waals surface area (Å²) >= 11 is 0. The predicted octanol–water partition coefficient (Wildman–Crippen LogP) is 3.88. The average Bonchev–Trinajstić information content (AvgIpc) is 2.70. The van der Waals surface area contributed by atoms with E-state index in [0.29, 0.717) is 0 Å². The number of piperidine rings is 1. The summed E-state index contributed by atoms with van der Waals surface area (Å²) in [5, 5.41) is 0. The van der Waals surface area contributed by atoms with E-state index in [4.69, 9.17) is 9.31 Å². The molecule has 4 nitrogen and oxygen atoms in total. The van der Waals surface area contributed by atoms with Crippen LogP contribution in [-0.4, -0.2) is 49.6 Å². The van der Waals surface area contributed by atoms with Crippen molar-refractivity contribution < 1.29 is 9.31 Å². The highest BCUT2D eigenvalue weighted by Crippen LogP contribution is 2.38. The minimum absolute atomic E-state index is 0.301. The molecule has 0 aromatic carbocycles. The van der Waals surface area contributed by atoms with Gasteiger partial charge in [-0.05, 0) is 84.2 Å². The van der Waals surface area contributed by atoms with Gasteiger partial charge >= 0.3 is 7.12 Å². The highest BCUT2D eigenvalue weighted by molar-refractivity contribution is 6.54. The van der Waals surface area contributed by atoms with E-state index in [1.807, 2.05) is 6.20 Å². The van der Waals surface area contributed by atoms with Crippen LogP contribution < -0.4 is 0 Å². The van der Waals surface area contributed by atoms with Crippen LogP contribution in [0.25, 0.3) is 0 Å². The summed E-state index contributed by atoms with van der Waals surface area (Å²) in [5.74, 6) is 0.841. The van der Waals surface area contributed by atoms with Gasteiger partial charge in [0.15, 0.2) is 0 Å². The fourth-order valence-electron chi connectivity index (χ4n) is 3.11. The summed E-state index contributed by atoms with van der Waals surface area (Å²) in [7, 11) is -0.301. The third-order valence-electron chi connectivity index (χ3n) is 5.58. The van der Waals surface area contributed by atoms with E-state index in [2.05, 4.69) is 64.2 Å². The first kappa shape index (κ1) is 19.4. The quantitative estimate of drug-likeness (QED) is 0.435. The number of likely N-dealkylation sites (tertiary alicyclic amines) is 1. The smallest absolute Gasteiger partial charge is 0.400 e. The van der Waals surface area contributed by atoms with E-state index in [1.165, 1.54) is 12.8 Å². The lowest BCUT2D eigenvalue weighted by atomic mass is 9.78. The van der Waals surface area contributed by atoms with E-state index < -0.39 is 0 Å². The van der Waals surface area contributed by atoms with Crippen molar-refractivity contribution in [2.24, 2.45) is 10.9 Å². The zero-order chi connectivity index (χ0) is 18.0. The maximum atomic E-state index is 6.13. The first-order chi connectivity index (χ1) is 11.1. The number of nitrogens with zero attached hydrogens (tertiary/aromatic N) is 2. The molecule has 0 aliphatic carbocycles. The van der Waals surface area contributed by atoms with E-state index >= 15 is 0 Å². The van der Waals surface area contributed by atoms with Crippen LogP contribution in [0.4, 0.5) is 0 Å². The van der Waals surface area contributed by atoms with Crippen molar-refractivity contribution in [1.82, 2.24) is 4.90 Å². The Labute approximate surface area is 148 Å². The Kier molecular flexibility index (Phi) is 6.11. The number of hydrogen-bond acceptors (Lipinski definition) is 4. The lowest BCUT2D eigenvalue weighted by Crippen LogP contribution is -2.41. The SMILES string of the molecule is C=N/C=C(\C=C(/C)B1OC(C)(C)C(C)(C)O1)CN1CCC(C)CC1. The summed E-state index contributed by atoms with van der Waals surface area (Å²) in [6, 6.07) is 0. The van der Waals surface area contributed by atoms with Crippen LogP contribution in [0.2, 0.25) is 0 Å². The molecule has 0 spiro atoms. The second-order valence-corrected chi connectivity index (χ2v) is 8.32. The summed E-state index contributed by atoms with van der Waals surface area (Å²) < 4.78 is 12.3. The highest BCUT2D eigenvalue weighted by Gasteiger charge is 2.51. The Hall–Kier alpha value is -0.905. The normalized spacial score (nSPS) is 26.0. The van der Waals surface area contributed by atoms with Crippen LogP contribution >= 0.6 is 0 Å². The van der Waals surface area contributed by atoms with Gasteiger partial charge in [-0.15, -0.1) is 0 Å². The first-order valence-electron chi connectivity index (χ1n) is 9.05. The molecule has 0 radical (unpaired) electrons. The van der Waals surface area contributed by atoms with Crippen molar-refractivity contribution in [3.05, 3.63) is 23.3 Å². The van der Waals surface area contributed by atoms with Gasteiger partial charge in [-0.3, -0.25) is 9.89 Å². The minimum Gasteiger partial charge on any atom is -0.400 e.